The molecule has 2 aromatic carbocycles. The zero-order chi connectivity index (χ0) is 19.6. The standard InChI is InChI=1S/C21H25N3O3/c1-14-5-6-16(11-15(14)2)21(26)22-17-7-8-19-18(12-17)24(10-9-23(3)4)20(25)13-27-19/h5-8,11-12H,9-10,13H2,1-4H3,(H,22,26). The Bertz CT molecular complexity index is 877. The second-order valence-corrected chi connectivity index (χ2v) is 7.07. The molecule has 2 amide bonds. The zero-order valence-corrected chi connectivity index (χ0v) is 16.2. The minimum Gasteiger partial charge on any atom is -0.482 e. The van der Waals surface area contributed by atoms with Gasteiger partial charge >= 0.3 is 0 Å². The quantitative estimate of drug-likeness (QED) is 0.883. The summed E-state index contributed by atoms with van der Waals surface area (Å²) in [5, 5.41) is 2.91. The lowest BCUT2D eigenvalue weighted by Gasteiger charge is -2.30. The predicted octanol–water partition coefficient (Wildman–Crippen LogP) is 2.84. The molecule has 3 rings (SSSR count). The number of benzene rings is 2. The smallest absolute Gasteiger partial charge is 0.265 e. The van der Waals surface area contributed by atoms with E-state index < -0.39 is 0 Å². The summed E-state index contributed by atoms with van der Waals surface area (Å²) >= 11 is 0. The Labute approximate surface area is 159 Å². The van der Waals surface area contributed by atoms with Crippen LogP contribution in [0.1, 0.15) is 21.5 Å². The second-order valence-electron chi connectivity index (χ2n) is 7.07. The molecule has 0 fully saturated rings. The van der Waals surface area contributed by atoms with Crippen molar-refractivity contribution in [1.82, 2.24) is 4.90 Å². The van der Waals surface area contributed by atoms with Crippen LogP contribution in [0.5, 0.6) is 5.75 Å². The molecule has 0 atom stereocenters. The molecule has 0 aromatic heterocycles. The molecule has 0 saturated heterocycles. The molecule has 27 heavy (non-hydrogen) atoms. The highest BCUT2D eigenvalue weighted by atomic mass is 16.5. The van der Waals surface area contributed by atoms with Crippen LogP contribution in [-0.2, 0) is 4.79 Å². The van der Waals surface area contributed by atoms with E-state index in [0.717, 1.165) is 17.7 Å². The monoisotopic (exact) mass is 367 g/mol. The summed E-state index contributed by atoms with van der Waals surface area (Å²) in [6.07, 6.45) is 0. The maximum atomic E-state index is 12.6. The fraction of sp³-hybridized carbons (Fsp3) is 0.333. The average Bonchev–Trinajstić information content (AvgIpc) is 2.63. The van der Waals surface area contributed by atoms with Gasteiger partial charge in [-0.3, -0.25) is 9.59 Å². The first kappa shape index (κ1) is 18.9. The van der Waals surface area contributed by atoms with E-state index in [9.17, 15) is 9.59 Å². The molecule has 1 aliphatic rings. The normalized spacial score (nSPS) is 13.4. The number of likely N-dealkylation sites (N-methyl/N-ethyl adjacent to an activating group) is 1. The van der Waals surface area contributed by atoms with Gasteiger partial charge in [-0.05, 0) is 69.4 Å². The molecule has 2 aromatic rings. The average molecular weight is 367 g/mol. The van der Waals surface area contributed by atoms with Crippen molar-refractivity contribution in [2.75, 3.05) is 44.0 Å². The van der Waals surface area contributed by atoms with Gasteiger partial charge in [0.05, 0.1) is 5.69 Å². The first-order chi connectivity index (χ1) is 12.8. The number of nitrogens with zero attached hydrogens (tertiary/aromatic N) is 2. The van der Waals surface area contributed by atoms with Crippen molar-refractivity contribution in [1.29, 1.82) is 0 Å². The highest BCUT2D eigenvalue weighted by Crippen LogP contribution is 2.34. The first-order valence-electron chi connectivity index (χ1n) is 8.95. The molecule has 0 spiro atoms. The fourth-order valence-electron chi connectivity index (χ4n) is 2.91. The van der Waals surface area contributed by atoms with E-state index in [1.807, 2.05) is 51.0 Å². The number of aryl methyl sites for hydroxylation is 2. The van der Waals surface area contributed by atoms with Crippen LogP contribution in [0, 0.1) is 13.8 Å². The number of nitrogens with one attached hydrogen (secondary N) is 1. The Hall–Kier alpha value is -2.86. The summed E-state index contributed by atoms with van der Waals surface area (Å²) < 4.78 is 5.53. The number of ether oxygens (including phenoxy) is 1. The lowest BCUT2D eigenvalue weighted by molar-refractivity contribution is -0.121. The molecule has 6 heteroatoms. The predicted molar refractivity (Wildman–Crippen MR) is 107 cm³/mol. The van der Waals surface area contributed by atoms with Crippen molar-refractivity contribution in [3.63, 3.8) is 0 Å². The van der Waals surface area contributed by atoms with Gasteiger partial charge in [0.2, 0.25) is 0 Å². The number of rotatable bonds is 5. The van der Waals surface area contributed by atoms with Gasteiger partial charge in [-0.2, -0.15) is 0 Å². The summed E-state index contributed by atoms with van der Waals surface area (Å²) in [6, 6.07) is 11.0. The van der Waals surface area contributed by atoms with E-state index in [4.69, 9.17) is 4.74 Å². The molecular weight excluding hydrogens is 342 g/mol. The van der Waals surface area contributed by atoms with Gasteiger partial charge in [-0.25, -0.2) is 0 Å². The third-order valence-corrected chi connectivity index (χ3v) is 4.70. The Morgan fingerprint density at radius 3 is 2.63 bits per heavy atom. The van der Waals surface area contributed by atoms with Crippen LogP contribution >= 0.6 is 0 Å². The maximum absolute atomic E-state index is 12.6. The van der Waals surface area contributed by atoms with Crippen LogP contribution in [0.4, 0.5) is 11.4 Å². The Kier molecular flexibility index (Phi) is 5.46. The van der Waals surface area contributed by atoms with E-state index in [1.165, 1.54) is 0 Å². The lowest BCUT2D eigenvalue weighted by Crippen LogP contribution is -2.42. The molecule has 0 aliphatic carbocycles. The molecule has 1 aliphatic heterocycles. The highest BCUT2D eigenvalue weighted by molar-refractivity contribution is 6.05. The van der Waals surface area contributed by atoms with Crippen LogP contribution in [0.3, 0.4) is 0 Å². The fourth-order valence-corrected chi connectivity index (χ4v) is 2.91. The number of carbonyl (C=O) groups excluding carboxylic acids is 2. The summed E-state index contributed by atoms with van der Waals surface area (Å²) in [6.45, 7) is 5.34. The Morgan fingerprint density at radius 1 is 1.15 bits per heavy atom. The van der Waals surface area contributed by atoms with Gasteiger partial charge in [-0.15, -0.1) is 0 Å². The SMILES string of the molecule is Cc1ccc(C(=O)Nc2ccc3c(c2)N(CCN(C)C)C(=O)CO3)cc1C. The molecule has 142 valence electrons. The molecule has 0 saturated carbocycles. The summed E-state index contributed by atoms with van der Waals surface area (Å²) in [5.74, 6) is 0.389. The van der Waals surface area contributed by atoms with Crippen molar-refractivity contribution in [3.05, 3.63) is 53.1 Å². The van der Waals surface area contributed by atoms with Gasteiger partial charge in [0.25, 0.3) is 11.8 Å². The van der Waals surface area contributed by atoms with E-state index in [1.54, 1.807) is 23.1 Å². The van der Waals surface area contributed by atoms with Crippen molar-refractivity contribution in [2.24, 2.45) is 0 Å². The first-order valence-corrected chi connectivity index (χ1v) is 8.95. The topological polar surface area (TPSA) is 61.9 Å². The molecule has 1 heterocycles. The summed E-state index contributed by atoms with van der Waals surface area (Å²) in [5.41, 5.74) is 4.14. The van der Waals surface area contributed by atoms with Crippen molar-refractivity contribution in [2.45, 2.75) is 13.8 Å². The van der Waals surface area contributed by atoms with E-state index in [-0.39, 0.29) is 18.4 Å². The Balaban J connectivity index is 1.82. The number of hydrogen-bond donors (Lipinski definition) is 1. The molecule has 1 N–H and O–H groups in total. The van der Waals surface area contributed by atoms with Crippen LogP contribution < -0.4 is 15.0 Å². The Morgan fingerprint density at radius 2 is 1.93 bits per heavy atom. The molecule has 0 unspecified atom stereocenters. The molecule has 6 nitrogen and oxygen atoms in total. The van der Waals surface area contributed by atoms with Crippen molar-refractivity contribution in [3.8, 4) is 5.75 Å². The number of carbonyl (C=O) groups is 2. The summed E-state index contributed by atoms with van der Waals surface area (Å²) in [4.78, 5) is 28.6. The van der Waals surface area contributed by atoms with E-state index in [0.29, 0.717) is 29.2 Å². The molecule has 0 radical (unpaired) electrons. The molecule has 0 bridgehead atoms. The van der Waals surface area contributed by atoms with Gasteiger partial charge in [0, 0.05) is 24.3 Å². The van der Waals surface area contributed by atoms with Crippen molar-refractivity contribution < 1.29 is 14.3 Å². The van der Waals surface area contributed by atoms with E-state index >= 15 is 0 Å². The van der Waals surface area contributed by atoms with Gasteiger partial charge in [-0.1, -0.05) is 6.07 Å². The third-order valence-electron chi connectivity index (χ3n) is 4.70. The second kappa shape index (κ2) is 7.80. The number of hydrogen-bond acceptors (Lipinski definition) is 4. The largest absolute Gasteiger partial charge is 0.482 e. The summed E-state index contributed by atoms with van der Waals surface area (Å²) in [7, 11) is 3.93. The van der Waals surface area contributed by atoms with Gasteiger partial charge in [0.1, 0.15) is 5.75 Å². The maximum Gasteiger partial charge on any atom is 0.265 e. The van der Waals surface area contributed by atoms with Crippen LogP contribution in [0.25, 0.3) is 0 Å². The minimum absolute atomic E-state index is 0.0365. The number of anilines is 2. The van der Waals surface area contributed by atoms with Gasteiger partial charge in [0.15, 0.2) is 6.61 Å². The van der Waals surface area contributed by atoms with Crippen LogP contribution in [-0.4, -0.2) is 50.5 Å². The highest BCUT2D eigenvalue weighted by Gasteiger charge is 2.26. The van der Waals surface area contributed by atoms with E-state index in [2.05, 4.69) is 5.32 Å². The molecular formula is C21H25N3O3. The van der Waals surface area contributed by atoms with Crippen LogP contribution in [0.2, 0.25) is 0 Å². The number of amides is 2. The van der Waals surface area contributed by atoms with Gasteiger partial charge < -0.3 is 19.9 Å². The third kappa shape index (κ3) is 4.28. The minimum atomic E-state index is -0.180. The van der Waals surface area contributed by atoms with Crippen LogP contribution in [0.15, 0.2) is 36.4 Å². The lowest BCUT2D eigenvalue weighted by atomic mass is 10.1. The van der Waals surface area contributed by atoms with Crippen molar-refractivity contribution >= 4 is 23.2 Å². The zero-order valence-electron chi connectivity index (χ0n) is 16.2. The number of fused-ring (bicyclic) bond motifs is 1.